The van der Waals surface area contributed by atoms with Crippen LogP contribution in [0.5, 0.6) is 0 Å². The normalized spacial score (nSPS) is 10.6. The molecule has 0 aliphatic heterocycles. The van der Waals surface area contributed by atoms with E-state index in [0.717, 1.165) is 5.56 Å². The van der Waals surface area contributed by atoms with Crippen molar-refractivity contribution >= 4 is 23.0 Å². The summed E-state index contributed by atoms with van der Waals surface area (Å²) < 4.78 is 0. The van der Waals surface area contributed by atoms with Gasteiger partial charge in [-0.2, -0.15) is 0 Å². The molecule has 0 unspecified atom stereocenters. The van der Waals surface area contributed by atoms with Crippen molar-refractivity contribution in [2.75, 3.05) is 7.05 Å². The van der Waals surface area contributed by atoms with Gasteiger partial charge in [0.1, 0.15) is 0 Å². The molecule has 0 aliphatic rings. The van der Waals surface area contributed by atoms with Gasteiger partial charge in [0.15, 0.2) is 5.78 Å². The van der Waals surface area contributed by atoms with Gasteiger partial charge in [-0.3, -0.25) is 9.59 Å². The van der Waals surface area contributed by atoms with Crippen LogP contribution in [0.4, 0.5) is 0 Å². The lowest BCUT2D eigenvalue weighted by Gasteiger charge is -2.16. The van der Waals surface area contributed by atoms with Crippen molar-refractivity contribution in [3.8, 4) is 0 Å². The Kier molecular flexibility index (Phi) is 5.72. The molecule has 0 spiro atoms. The first-order valence-corrected chi connectivity index (χ1v) is 8.64. The predicted octanol–water partition coefficient (Wildman–Crippen LogP) is 4.29. The second-order valence-corrected chi connectivity index (χ2v) is 7.00. The summed E-state index contributed by atoms with van der Waals surface area (Å²) in [5.41, 5.74) is 4.18. The molecule has 0 aliphatic carbocycles. The van der Waals surface area contributed by atoms with Gasteiger partial charge in [-0.1, -0.05) is 12.1 Å². The van der Waals surface area contributed by atoms with Crippen LogP contribution >= 0.6 is 11.3 Å². The fourth-order valence-electron chi connectivity index (χ4n) is 2.34. The van der Waals surface area contributed by atoms with E-state index in [1.165, 1.54) is 16.0 Å². The summed E-state index contributed by atoms with van der Waals surface area (Å²) in [7, 11) is 1.79. The Balaban J connectivity index is 1.89. The number of nitrogens with zero attached hydrogens (tertiary/aromatic N) is 1. The molecular weight excluding hydrogens is 306 g/mol. The molecule has 4 heteroatoms. The summed E-state index contributed by atoms with van der Waals surface area (Å²) in [5.74, 6) is 0.0390. The molecule has 0 N–H and O–H groups in total. The van der Waals surface area contributed by atoms with E-state index in [9.17, 15) is 9.59 Å². The lowest BCUT2D eigenvalue weighted by molar-refractivity contribution is -0.130. The molecule has 0 atom stereocenters. The van der Waals surface area contributed by atoms with E-state index in [1.807, 2.05) is 44.4 Å². The SMILES string of the molecule is Cc1ccc(C(=O)CCC(=O)N(C)Cc2sccc2C)cc1C. The first-order valence-electron chi connectivity index (χ1n) is 7.76. The highest BCUT2D eigenvalue weighted by molar-refractivity contribution is 7.10. The Hall–Kier alpha value is -1.94. The highest BCUT2D eigenvalue weighted by Crippen LogP contribution is 2.18. The number of benzene rings is 1. The lowest BCUT2D eigenvalue weighted by Crippen LogP contribution is -2.26. The summed E-state index contributed by atoms with van der Waals surface area (Å²) in [5, 5.41) is 2.03. The Morgan fingerprint density at radius 2 is 1.74 bits per heavy atom. The number of rotatable bonds is 6. The minimum absolute atomic E-state index is 0.00924. The maximum absolute atomic E-state index is 12.2. The molecule has 3 nitrogen and oxygen atoms in total. The summed E-state index contributed by atoms with van der Waals surface area (Å²) in [6, 6.07) is 7.76. The van der Waals surface area contributed by atoms with Crippen molar-refractivity contribution in [1.82, 2.24) is 4.90 Å². The molecule has 2 rings (SSSR count). The molecule has 0 radical (unpaired) electrons. The number of aryl methyl sites for hydroxylation is 3. The third-order valence-electron chi connectivity index (χ3n) is 4.17. The largest absolute Gasteiger partial charge is 0.341 e. The second kappa shape index (κ2) is 7.55. The molecule has 1 amide bonds. The molecule has 1 aromatic carbocycles. The van der Waals surface area contributed by atoms with Crippen LogP contribution in [0.15, 0.2) is 29.6 Å². The molecule has 2 aromatic rings. The number of ketones is 1. The fraction of sp³-hybridized carbons (Fsp3) is 0.368. The van der Waals surface area contributed by atoms with Crippen molar-refractivity contribution in [1.29, 1.82) is 0 Å². The number of hydrogen-bond donors (Lipinski definition) is 0. The molecule has 0 bridgehead atoms. The van der Waals surface area contributed by atoms with Crippen LogP contribution < -0.4 is 0 Å². The van der Waals surface area contributed by atoms with Crippen molar-refractivity contribution in [3.05, 3.63) is 56.8 Å². The van der Waals surface area contributed by atoms with Crippen molar-refractivity contribution < 1.29 is 9.59 Å². The van der Waals surface area contributed by atoms with Gasteiger partial charge in [0, 0.05) is 30.3 Å². The lowest BCUT2D eigenvalue weighted by atomic mass is 10.0. The molecule has 1 aromatic heterocycles. The van der Waals surface area contributed by atoms with Gasteiger partial charge in [0.05, 0.1) is 6.54 Å². The van der Waals surface area contributed by atoms with Gasteiger partial charge in [-0.25, -0.2) is 0 Å². The highest BCUT2D eigenvalue weighted by Gasteiger charge is 2.14. The predicted molar refractivity (Wildman–Crippen MR) is 95.0 cm³/mol. The van der Waals surface area contributed by atoms with E-state index in [0.29, 0.717) is 12.1 Å². The number of thiophene rings is 1. The first kappa shape index (κ1) is 17.4. The summed E-state index contributed by atoms with van der Waals surface area (Å²) in [6.07, 6.45) is 0.516. The number of amides is 1. The summed E-state index contributed by atoms with van der Waals surface area (Å²) in [6.45, 7) is 6.68. The zero-order valence-corrected chi connectivity index (χ0v) is 15.0. The summed E-state index contributed by atoms with van der Waals surface area (Å²) >= 11 is 1.66. The Morgan fingerprint density at radius 3 is 2.35 bits per heavy atom. The maximum atomic E-state index is 12.2. The van der Waals surface area contributed by atoms with Crippen LogP contribution in [0.25, 0.3) is 0 Å². The van der Waals surface area contributed by atoms with Crippen LogP contribution in [-0.2, 0) is 11.3 Å². The first-order chi connectivity index (χ1) is 10.9. The van der Waals surface area contributed by atoms with E-state index < -0.39 is 0 Å². The van der Waals surface area contributed by atoms with Crippen molar-refractivity contribution in [2.45, 2.75) is 40.2 Å². The van der Waals surface area contributed by atoms with Crippen LogP contribution in [-0.4, -0.2) is 23.6 Å². The monoisotopic (exact) mass is 329 g/mol. The van der Waals surface area contributed by atoms with Gasteiger partial charge >= 0.3 is 0 Å². The number of hydrogen-bond acceptors (Lipinski definition) is 3. The smallest absolute Gasteiger partial charge is 0.223 e. The molecule has 0 saturated carbocycles. The average molecular weight is 329 g/mol. The van der Waals surface area contributed by atoms with Gasteiger partial charge in [-0.05, 0) is 55.0 Å². The number of Topliss-reactive ketones (excluding diaryl/α,β-unsaturated/α-hetero) is 1. The number of carbonyl (C=O) groups excluding carboxylic acids is 2. The zero-order valence-electron chi connectivity index (χ0n) is 14.2. The molecule has 0 saturated heterocycles. The Morgan fingerprint density at radius 1 is 1.00 bits per heavy atom. The third kappa shape index (κ3) is 4.52. The Bertz CT molecular complexity index is 718. The van der Waals surface area contributed by atoms with Gasteiger partial charge in [0.25, 0.3) is 0 Å². The second-order valence-electron chi connectivity index (χ2n) is 6.00. The number of carbonyl (C=O) groups is 2. The molecular formula is C19H23NO2S. The van der Waals surface area contributed by atoms with Crippen molar-refractivity contribution in [2.24, 2.45) is 0 Å². The maximum Gasteiger partial charge on any atom is 0.223 e. The molecule has 1 heterocycles. The van der Waals surface area contributed by atoms with Crippen LogP contribution in [0.3, 0.4) is 0 Å². The van der Waals surface area contributed by atoms with Gasteiger partial charge in [0.2, 0.25) is 5.91 Å². The zero-order chi connectivity index (χ0) is 17.0. The Labute approximate surface area is 141 Å². The van der Waals surface area contributed by atoms with Crippen LogP contribution in [0.2, 0.25) is 0 Å². The van der Waals surface area contributed by atoms with E-state index in [-0.39, 0.29) is 24.5 Å². The molecule has 0 fully saturated rings. The van der Waals surface area contributed by atoms with E-state index >= 15 is 0 Å². The van der Waals surface area contributed by atoms with E-state index in [2.05, 4.69) is 6.07 Å². The summed E-state index contributed by atoms with van der Waals surface area (Å²) in [4.78, 5) is 27.3. The average Bonchev–Trinajstić information content (AvgIpc) is 2.92. The van der Waals surface area contributed by atoms with E-state index in [1.54, 1.807) is 23.3 Å². The van der Waals surface area contributed by atoms with Crippen LogP contribution in [0.1, 0.15) is 44.8 Å². The fourth-order valence-corrected chi connectivity index (χ4v) is 3.30. The van der Waals surface area contributed by atoms with Gasteiger partial charge in [-0.15, -0.1) is 11.3 Å². The minimum atomic E-state index is 0.00924. The topological polar surface area (TPSA) is 37.4 Å². The molecule has 122 valence electrons. The molecule has 23 heavy (non-hydrogen) atoms. The minimum Gasteiger partial charge on any atom is -0.341 e. The van der Waals surface area contributed by atoms with Crippen molar-refractivity contribution in [3.63, 3.8) is 0 Å². The standard InChI is InChI=1S/C19H23NO2S/c1-13-5-6-16(11-15(13)3)17(21)7-8-19(22)20(4)12-18-14(2)9-10-23-18/h5-6,9-11H,7-8,12H2,1-4H3. The van der Waals surface area contributed by atoms with Gasteiger partial charge < -0.3 is 4.90 Å². The quantitative estimate of drug-likeness (QED) is 0.741. The van der Waals surface area contributed by atoms with E-state index in [4.69, 9.17) is 0 Å². The highest BCUT2D eigenvalue weighted by atomic mass is 32.1. The third-order valence-corrected chi connectivity index (χ3v) is 5.18. The van der Waals surface area contributed by atoms with Crippen LogP contribution in [0, 0.1) is 20.8 Å².